The molecule has 2 atom stereocenters. The van der Waals surface area contributed by atoms with Crippen LogP contribution in [0.3, 0.4) is 0 Å². The van der Waals surface area contributed by atoms with Gasteiger partial charge in [0.25, 0.3) is 0 Å². The molecular formula is C51H52N8O3. The number of amides is 1. The van der Waals surface area contributed by atoms with Crippen LogP contribution in [0.4, 0.5) is 4.79 Å². The van der Waals surface area contributed by atoms with Gasteiger partial charge in [0.2, 0.25) is 0 Å². The molecule has 1 amide bonds. The van der Waals surface area contributed by atoms with Gasteiger partial charge in [-0.2, -0.15) is 0 Å². The maximum atomic E-state index is 13.9. The summed E-state index contributed by atoms with van der Waals surface area (Å²) in [6.07, 6.45) is 3.48. The largest absolute Gasteiger partial charge is 0.606 e. The van der Waals surface area contributed by atoms with E-state index in [1.165, 1.54) is 0 Å². The van der Waals surface area contributed by atoms with E-state index in [4.69, 9.17) is 20.2 Å². The first kappa shape index (κ1) is 41.8. The number of nitrogens with zero attached hydrogens (tertiary/aromatic N) is 7. The van der Waals surface area contributed by atoms with Crippen LogP contribution in [0.5, 0.6) is 0 Å². The number of hydrogen-bond donors (Lipinski definition) is 1. The number of unbranched alkanes of at least 4 members (excludes halogenated alkanes) is 1. The molecule has 1 N–H and O–H groups in total. The number of aromatic nitrogens is 4. The predicted octanol–water partition coefficient (Wildman–Crippen LogP) is 8.58. The molecule has 62 heavy (non-hydrogen) atoms. The molecule has 314 valence electrons. The van der Waals surface area contributed by atoms with Gasteiger partial charge in [-0.3, -0.25) is 0 Å². The molecule has 1 aliphatic heterocycles. The molecule has 0 aliphatic carbocycles. The van der Waals surface area contributed by atoms with Crippen molar-refractivity contribution in [1.29, 1.82) is 0 Å². The number of carbonyl (C=O) groups is 1. The third kappa shape index (κ3) is 8.90. The van der Waals surface area contributed by atoms with Crippen molar-refractivity contribution in [3.63, 3.8) is 0 Å². The Morgan fingerprint density at radius 2 is 1.29 bits per heavy atom. The van der Waals surface area contributed by atoms with Gasteiger partial charge in [0.1, 0.15) is 17.9 Å². The minimum absolute atomic E-state index is 0.00500. The van der Waals surface area contributed by atoms with E-state index in [0.717, 1.165) is 69.5 Å². The Morgan fingerprint density at radius 1 is 0.726 bits per heavy atom. The molecule has 0 bridgehead atoms. The van der Waals surface area contributed by atoms with Crippen molar-refractivity contribution in [3.05, 3.63) is 203 Å². The maximum Gasteiger partial charge on any atom is 0.409 e. The molecule has 11 heteroatoms. The lowest BCUT2D eigenvalue weighted by molar-refractivity contribution is -0.979. The monoisotopic (exact) mass is 824 g/mol. The van der Waals surface area contributed by atoms with Crippen molar-refractivity contribution in [2.75, 3.05) is 20.1 Å². The standard InChI is InChI=1S/C51H52N8O3/c1-3-4-30-47-48(59(61)57(53-47)36-19-35-56(2)50(60)62-38-40-20-9-5-10-21-40)37-39-31-33-41(34-32-39)45-28-17-18-29-46(45)49-52-54-55-58(49)51(42-22-11-6-12-23-42,43-24-13-7-14-25-43)44-26-15-8-16-27-44/h5-18,20-29,31-34,48,59H,3-4,19,30,35-38H2,1-2H3. The van der Waals surface area contributed by atoms with Crippen molar-refractivity contribution in [1.82, 2.24) is 30.2 Å². The van der Waals surface area contributed by atoms with E-state index in [0.29, 0.717) is 31.8 Å². The Kier molecular flexibility index (Phi) is 13.2. The zero-order valence-corrected chi connectivity index (χ0v) is 35.3. The van der Waals surface area contributed by atoms with Crippen LogP contribution >= 0.6 is 0 Å². The molecule has 0 fully saturated rings. The van der Waals surface area contributed by atoms with Crippen molar-refractivity contribution in [2.45, 2.75) is 57.2 Å². The second kappa shape index (κ2) is 19.6. The first-order chi connectivity index (χ1) is 30.5. The molecule has 0 saturated heterocycles. The van der Waals surface area contributed by atoms with E-state index in [9.17, 15) is 10.0 Å². The highest BCUT2D eigenvalue weighted by atomic mass is 16.6. The first-order valence-electron chi connectivity index (χ1n) is 21.4. The molecule has 11 nitrogen and oxygen atoms in total. The average Bonchev–Trinajstić information content (AvgIpc) is 3.93. The summed E-state index contributed by atoms with van der Waals surface area (Å²) in [4.78, 5) is 14.2. The molecule has 2 unspecified atom stereocenters. The van der Waals surface area contributed by atoms with Crippen LogP contribution in [-0.2, 0) is 23.3 Å². The molecule has 1 aromatic heterocycles. The van der Waals surface area contributed by atoms with Gasteiger partial charge >= 0.3 is 6.09 Å². The van der Waals surface area contributed by atoms with Crippen LogP contribution in [0, 0.1) is 5.21 Å². The van der Waals surface area contributed by atoms with Crippen molar-refractivity contribution < 1.29 is 14.7 Å². The van der Waals surface area contributed by atoms with Crippen molar-refractivity contribution in [2.24, 2.45) is 5.10 Å². The highest BCUT2D eigenvalue weighted by Crippen LogP contribution is 2.43. The van der Waals surface area contributed by atoms with Gasteiger partial charge in [0.05, 0.1) is 6.54 Å². The number of carbonyl (C=O) groups excluding carboxylic acids is 1. The summed E-state index contributed by atoms with van der Waals surface area (Å²) in [6, 6.07) is 57.2. The van der Waals surface area contributed by atoms with E-state index in [-0.39, 0.29) is 17.8 Å². The first-order valence-corrected chi connectivity index (χ1v) is 21.4. The second-order valence-electron chi connectivity index (χ2n) is 15.7. The van der Waals surface area contributed by atoms with Crippen LogP contribution in [0.1, 0.15) is 60.4 Å². The Morgan fingerprint density at radius 3 is 1.89 bits per heavy atom. The molecule has 2 heterocycles. The molecule has 8 rings (SSSR count). The summed E-state index contributed by atoms with van der Waals surface area (Å²) in [5.74, 6) is 0.630. The SMILES string of the molecule is CCCCC1=NN(CCCN(C)C(=O)OCc2ccccc2)[NH+]([O-])C1Cc1ccc(-c2ccccc2-c2nnnn2C(c2ccccc2)(c2ccccc2)c2ccccc2)cc1. The van der Waals surface area contributed by atoms with Crippen molar-refractivity contribution >= 4 is 11.8 Å². The smallest absolute Gasteiger partial charge is 0.409 e. The quantitative estimate of drug-likeness (QED) is 0.0723. The highest BCUT2D eigenvalue weighted by Gasteiger charge is 2.42. The number of hydrogen-bond acceptors (Lipinski definition) is 8. The number of rotatable bonds is 17. The molecule has 1 aliphatic rings. The van der Waals surface area contributed by atoms with Crippen LogP contribution in [0.2, 0.25) is 0 Å². The number of benzene rings is 6. The number of quaternary nitrogens is 1. The lowest BCUT2D eigenvalue weighted by Gasteiger charge is -2.36. The lowest BCUT2D eigenvalue weighted by Crippen LogP contribution is -3.16. The van der Waals surface area contributed by atoms with Crippen LogP contribution in [-0.4, -0.2) is 68.2 Å². The Hall–Kier alpha value is -6.95. The van der Waals surface area contributed by atoms with E-state index < -0.39 is 11.6 Å². The lowest BCUT2D eigenvalue weighted by atomic mass is 9.77. The fourth-order valence-corrected chi connectivity index (χ4v) is 8.39. The number of hydrazone groups is 1. The summed E-state index contributed by atoms with van der Waals surface area (Å²) >= 11 is 0. The minimum atomic E-state index is -0.886. The van der Waals surface area contributed by atoms with Gasteiger partial charge in [-0.15, -0.1) is 15.3 Å². The van der Waals surface area contributed by atoms with Gasteiger partial charge in [-0.25, -0.2) is 14.6 Å². The second-order valence-corrected chi connectivity index (χ2v) is 15.7. The third-order valence-corrected chi connectivity index (χ3v) is 11.6. The number of nitrogens with one attached hydrogen (secondary N) is 1. The van der Waals surface area contributed by atoms with Gasteiger partial charge in [0.15, 0.2) is 11.9 Å². The number of tetrazole rings is 1. The fourth-order valence-electron chi connectivity index (χ4n) is 8.39. The molecule has 0 saturated carbocycles. The van der Waals surface area contributed by atoms with E-state index in [1.54, 1.807) is 17.1 Å². The topological polar surface area (TPSA) is 116 Å². The van der Waals surface area contributed by atoms with Gasteiger partial charge in [0, 0.05) is 25.6 Å². The van der Waals surface area contributed by atoms with E-state index >= 15 is 0 Å². The summed E-state index contributed by atoms with van der Waals surface area (Å²) in [6.45, 7) is 3.24. The zero-order chi connectivity index (χ0) is 42.7. The normalized spacial score (nSPS) is 15.0. The van der Waals surface area contributed by atoms with Crippen molar-refractivity contribution in [3.8, 4) is 22.5 Å². The van der Waals surface area contributed by atoms with E-state index in [2.05, 4.69) is 121 Å². The average molecular weight is 825 g/mol. The Balaban J connectivity index is 1.02. The van der Waals surface area contributed by atoms with Gasteiger partial charge in [-0.1, -0.05) is 183 Å². The highest BCUT2D eigenvalue weighted by molar-refractivity contribution is 5.89. The number of hydroxylamine groups is 1. The summed E-state index contributed by atoms with van der Waals surface area (Å²) in [7, 11) is 1.72. The van der Waals surface area contributed by atoms with Gasteiger partial charge < -0.3 is 14.8 Å². The Bertz CT molecular complexity index is 2440. The summed E-state index contributed by atoms with van der Waals surface area (Å²) in [5.41, 5.74) is 8.00. The molecule has 0 radical (unpaired) electrons. The summed E-state index contributed by atoms with van der Waals surface area (Å²) in [5, 5.41) is 34.2. The third-order valence-electron chi connectivity index (χ3n) is 11.6. The van der Waals surface area contributed by atoms with Gasteiger partial charge in [-0.05, 0) is 68.6 Å². The number of ether oxygens (including phenoxy) is 1. The van der Waals surface area contributed by atoms with Crippen LogP contribution < -0.4 is 5.17 Å². The Labute approximate surface area is 363 Å². The predicted molar refractivity (Wildman–Crippen MR) is 243 cm³/mol. The maximum absolute atomic E-state index is 13.9. The zero-order valence-electron chi connectivity index (χ0n) is 35.3. The summed E-state index contributed by atoms with van der Waals surface area (Å²) < 4.78 is 7.44. The minimum Gasteiger partial charge on any atom is -0.606 e. The van der Waals surface area contributed by atoms with Crippen LogP contribution in [0.15, 0.2) is 175 Å². The van der Waals surface area contributed by atoms with E-state index in [1.807, 2.05) is 65.3 Å². The molecular weight excluding hydrogens is 773 g/mol. The molecule has 6 aromatic carbocycles. The molecule has 7 aromatic rings. The molecule has 0 spiro atoms. The van der Waals surface area contributed by atoms with Crippen LogP contribution in [0.25, 0.3) is 22.5 Å². The fraction of sp³-hybridized carbons (Fsp3) is 0.235.